The molecule has 6 heteroatoms. The molecular formula is C18H26N4O2. The topological polar surface area (TPSA) is 118 Å². The highest BCUT2D eigenvalue weighted by Gasteiger charge is 2.28. The number of nitrogens with zero attached hydrogens (tertiary/aromatic N) is 2. The Balaban J connectivity index is 1.78. The molecule has 2 aromatic rings. The first-order valence-electron chi connectivity index (χ1n) is 8.23. The Kier molecular flexibility index (Phi) is 7.27. The van der Waals surface area contributed by atoms with E-state index in [2.05, 4.69) is 9.97 Å². The predicted octanol–water partition coefficient (Wildman–Crippen LogP) is 0.418. The molecule has 0 unspecified atom stereocenters. The fourth-order valence-electron chi connectivity index (χ4n) is 2.61. The van der Waals surface area contributed by atoms with Crippen LogP contribution in [0.15, 0.2) is 49.1 Å². The summed E-state index contributed by atoms with van der Waals surface area (Å²) in [4.78, 5) is 7.93. The van der Waals surface area contributed by atoms with E-state index in [1.165, 1.54) is 0 Å². The summed E-state index contributed by atoms with van der Waals surface area (Å²) in [5.74, 6) is 0. The first kappa shape index (κ1) is 18.5. The van der Waals surface area contributed by atoms with E-state index in [4.69, 9.17) is 11.5 Å². The SMILES string of the molecule is N[C@@H](CCc1ccncc1)[C@@H](O)[C@H](O)[C@@H](N)CCc1ccncc1. The third-order valence-electron chi connectivity index (χ3n) is 4.26. The second-order valence-electron chi connectivity index (χ2n) is 6.10. The Morgan fingerprint density at radius 1 is 0.708 bits per heavy atom. The van der Waals surface area contributed by atoms with Crippen LogP contribution < -0.4 is 11.5 Å². The molecule has 0 aliphatic rings. The maximum atomic E-state index is 10.3. The van der Waals surface area contributed by atoms with Gasteiger partial charge in [-0.1, -0.05) is 0 Å². The second kappa shape index (κ2) is 9.44. The zero-order valence-electron chi connectivity index (χ0n) is 13.7. The molecule has 0 bridgehead atoms. The van der Waals surface area contributed by atoms with Crippen LogP contribution in [0.5, 0.6) is 0 Å². The van der Waals surface area contributed by atoms with Gasteiger partial charge in [0.15, 0.2) is 0 Å². The van der Waals surface area contributed by atoms with Crippen molar-refractivity contribution < 1.29 is 10.2 Å². The highest BCUT2D eigenvalue weighted by Crippen LogP contribution is 2.12. The number of nitrogens with two attached hydrogens (primary N) is 2. The molecule has 6 nitrogen and oxygen atoms in total. The maximum Gasteiger partial charge on any atom is 0.0964 e. The predicted molar refractivity (Wildman–Crippen MR) is 93.1 cm³/mol. The number of aliphatic hydroxyl groups excluding tert-OH is 2. The summed E-state index contributed by atoms with van der Waals surface area (Å²) in [5, 5.41) is 20.5. The Morgan fingerprint density at radius 3 is 1.38 bits per heavy atom. The lowest BCUT2D eigenvalue weighted by Crippen LogP contribution is -2.51. The van der Waals surface area contributed by atoms with Gasteiger partial charge >= 0.3 is 0 Å². The summed E-state index contributed by atoms with van der Waals surface area (Å²) >= 11 is 0. The smallest absolute Gasteiger partial charge is 0.0964 e. The number of aryl methyl sites for hydroxylation is 2. The van der Waals surface area contributed by atoms with E-state index in [1.807, 2.05) is 24.3 Å². The van der Waals surface area contributed by atoms with Crippen molar-refractivity contribution in [3.8, 4) is 0 Å². The molecule has 2 rings (SSSR count). The van der Waals surface area contributed by atoms with Crippen LogP contribution in [0.3, 0.4) is 0 Å². The van der Waals surface area contributed by atoms with Gasteiger partial charge in [-0.05, 0) is 61.1 Å². The van der Waals surface area contributed by atoms with Crippen LogP contribution in [0.2, 0.25) is 0 Å². The minimum Gasteiger partial charge on any atom is -0.389 e. The first-order chi connectivity index (χ1) is 11.6. The second-order valence-corrected chi connectivity index (χ2v) is 6.10. The summed E-state index contributed by atoms with van der Waals surface area (Å²) < 4.78 is 0. The van der Waals surface area contributed by atoms with E-state index in [1.54, 1.807) is 24.8 Å². The van der Waals surface area contributed by atoms with Gasteiger partial charge in [0.2, 0.25) is 0 Å². The van der Waals surface area contributed by atoms with Crippen LogP contribution >= 0.6 is 0 Å². The normalized spacial score (nSPS) is 16.3. The van der Waals surface area contributed by atoms with Gasteiger partial charge < -0.3 is 21.7 Å². The average molecular weight is 330 g/mol. The number of aliphatic hydroxyl groups is 2. The van der Waals surface area contributed by atoms with Gasteiger partial charge in [-0.25, -0.2) is 0 Å². The van der Waals surface area contributed by atoms with E-state index >= 15 is 0 Å². The molecule has 130 valence electrons. The minimum absolute atomic E-state index is 0.528. The fraction of sp³-hybridized carbons (Fsp3) is 0.444. The molecule has 0 saturated carbocycles. The van der Waals surface area contributed by atoms with Gasteiger partial charge in [0.25, 0.3) is 0 Å². The molecule has 0 aliphatic heterocycles. The largest absolute Gasteiger partial charge is 0.389 e. The average Bonchev–Trinajstić information content (AvgIpc) is 2.64. The Hall–Kier alpha value is -1.86. The summed E-state index contributed by atoms with van der Waals surface area (Å²) in [6.45, 7) is 0. The molecule has 0 aliphatic carbocycles. The van der Waals surface area contributed by atoms with Gasteiger partial charge in [0.05, 0.1) is 12.2 Å². The molecule has 2 aromatic heterocycles. The Labute approximate surface area is 142 Å². The zero-order valence-corrected chi connectivity index (χ0v) is 13.7. The number of hydrogen-bond donors (Lipinski definition) is 4. The van der Waals surface area contributed by atoms with Crippen molar-refractivity contribution in [1.82, 2.24) is 9.97 Å². The molecule has 0 saturated heterocycles. The van der Waals surface area contributed by atoms with Gasteiger partial charge in [0.1, 0.15) is 0 Å². The fourth-order valence-corrected chi connectivity index (χ4v) is 2.61. The standard InChI is InChI=1S/C18H26N4O2/c19-15(3-1-13-5-9-21-10-6-13)17(23)18(24)16(20)4-2-14-7-11-22-12-8-14/h5-12,15-18,23-24H,1-4,19-20H2/t15-,16-,17+,18+/m0/s1. The Morgan fingerprint density at radius 2 is 1.04 bits per heavy atom. The molecular weight excluding hydrogens is 304 g/mol. The van der Waals surface area contributed by atoms with Crippen molar-refractivity contribution in [3.63, 3.8) is 0 Å². The van der Waals surface area contributed by atoms with Crippen molar-refractivity contribution in [2.24, 2.45) is 11.5 Å². The van der Waals surface area contributed by atoms with Gasteiger partial charge in [-0.2, -0.15) is 0 Å². The lowest BCUT2D eigenvalue weighted by atomic mass is 9.93. The van der Waals surface area contributed by atoms with Crippen molar-refractivity contribution >= 4 is 0 Å². The maximum absolute atomic E-state index is 10.3. The molecule has 6 N–H and O–H groups in total. The molecule has 4 atom stereocenters. The van der Waals surface area contributed by atoms with Crippen LogP contribution in [0.1, 0.15) is 24.0 Å². The van der Waals surface area contributed by atoms with E-state index < -0.39 is 24.3 Å². The van der Waals surface area contributed by atoms with Crippen molar-refractivity contribution in [2.75, 3.05) is 0 Å². The summed E-state index contributed by atoms with van der Waals surface area (Å²) in [6, 6.07) is 6.60. The quantitative estimate of drug-likeness (QED) is 0.529. The van der Waals surface area contributed by atoms with E-state index in [0.717, 1.165) is 24.0 Å². The summed E-state index contributed by atoms with van der Waals surface area (Å²) in [6.07, 6.45) is 7.39. The molecule has 0 aromatic carbocycles. The number of aromatic nitrogens is 2. The number of hydrogen-bond acceptors (Lipinski definition) is 6. The lowest BCUT2D eigenvalue weighted by Gasteiger charge is -2.28. The van der Waals surface area contributed by atoms with Crippen LogP contribution in [0.25, 0.3) is 0 Å². The lowest BCUT2D eigenvalue weighted by molar-refractivity contribution is -0.0126. The van der Waals surface area contributed by atoms with Gasteiger partial charge in [-0.3, -0.25) is 9.97 Å². The molecule has 0 spiro atoms. The highest BCUT2D eigenvalue weighted by atomic mass is 16.3. The molecule has 0 amide bonds. The minimum atomic E-state index is -1.04. The van der Waals surface area contributed by atoms with Crippen LogP contribution in [-0.2, 0) is 12.8 Å². The van der Waals surface area contributed by atoms with Crippen molar-refractivity contribution in [3.05, 3.63) is 60.2 Å². The van der Waals surface area contributed by atoms with E-state index in [9.17, 15) is 10.2 Å². The monoisotopic (exact) mass is 330 g/mol. The number of rotatable bonds is 9. The van der Waals surface area contributed by atoms with Crippen LogP contribution in [0, 0.1) is 0 Å². The Bertz CT molecular complexity index is 529. The first-order valence-corrected chi connectivity index (χ1v) is 8.23. The molecule has 0 fully saturated rings. The van der Waals surface area contributed by atoms with E-state index in [-0.39, 0.29) is 0 Å². The van der Waals surface area contributed by atoms with Crippen LogP contribution in [0.4, 0.5) is 0 Å². The molecule has 2 heterocycles. The number of pyridine rings is 2. The van der Waals surface area contributed by atoms with Crippen molar-refractivity contribution in [2.45, 2.75) is 50.0 Å². The van der Waals surface area contributed by atoms with Gasteiger partial charge in [0, 0.05) is 36.9 Å². The van der Waals surface area contributed by atoms with Crippen LogP contribution in [-0.4, -0.2) is 44.5 Å². The van der Waals surface area contributed by atoms with E-state index in [0.29, 0.717) is 12.8 Å². The summed E-state index contributed by atoms with van der Waals surface area (Å²) in [5.41, 5.74) is 14.2. The molecule has 24 heavy (non-hydrogen) atoms. The third-order valence-corrected chi connectivity index (χ3v) is 4.26. The van der Waals surface area contributed by atoms with Gasteiger partial charge in [-0.15, -0.1) is 0 Å². The highest BCUT2D eigenvalue weighted by molar-refractivity contribution is 5.11. The zero-order chi connectivity index (χ0) is 17.4. The summed E-state index contributed by atoms with van der Waals surface area (Å²) in [7, 11) is 0. The third kappa shape index (κ3) is 5.65. The van der Waals surface area contributed by atoms with Crippen molar-refractivity contribution in [1.29, 1.82) is 0 Å². The molecule has 0 radical (unpaired) electrons.